The molecule has 0 unspecified atom stereocenters. The van der Waals surface area contributed by atoms with E-state index >= 15 is 0 Å². The largest absolute Gasteiger partial charge is 0.308 e. The molecule has 1 N–H and O–H groups in total. The van der Waals surface area contributed by atoms with Crippen LogP contribution in [0.2, 0.25) is 0 Å². The summed E-state index contributed by atoms with van der Waals surface area (Å²) in [4.78, 5) is 13.7. The summed E-state index contributed by atoms with van der Waals surface area (Å²) in [6, 6.07) is 28.8. The van der Waals surface area contributed by atoms with E-state index in [1.54, 1.807) is 0 Å². The van der Waals surface area contributed by atoms with Crippen LogP contribution in [0.25, 0.3) is 22.5 Å². The summed E-state index contributed by atoms with van der Waals surface area (Å²) in [7, 11) is 0. The Morgan fingerprint density at radius 2 is 1.58 bits per heavy atom. The van der Waals surface area contributed by atoms with Gasteiger partial charge >= 0.3 is 0 Å². The predicted octanol–water partition coefficient (Wildman–Crippen LogP) is 5.60. The monoisotopic (exact) mass is 475 g/mol. The number of nitrogens with one attached hydrogen (secondary N) is 1. The molecule has 5 aromatic rings. The molecule has 0 bridgehead atoms. The Balaban J connectivity index is 1.47. The lowest BCUT2D eigenvalue weighted by molar-refractivity contribution is 0.709. The summed E-state index contributed by atoms with van der Waals surface area (Å²) in [6.07, 6.45) is 2.50. The fourth-order valence-corrected chi connectivity index (χ4v) is 4.73. The lowest BCUT2D eigenvalue weighted by Crippen LogP contribution is -2.28. The second kappa shape index (κ2) is 10.5. The van der Waals surface area contributed by atoms with Gasteiger partial charge in [0.25, 0.3) is 5.56 Å². The van der Waals surface area contributed by atoms with Gasteiger partial charge in [0.05, 0.1) is 6.54 Å². The zero-order valence-corrected chi connectivity index (χ0v) is 20.6. The van der Waals surface area contributed by atoms with Gasteiger partial charge in [-0.1, -0.05) is 92.2 Å². The van der Waals surface area contributed by atoms with Crippen LogP contribution in [0.4, 0.5) is 0 Å². The maximum Gasteiger partial charge on any atom is 0.254 e. The molecule has 0 radical (unpaired) electrons. The lowest BCUT2D eigenvalue weighted by atomic mass is 9.94. The van der Waals surface area contributed by atoms with Crippen molar-refractivity contribution in [1.82, 2.24) is 25.2 Å². The highest BCUT2D eigenvalue weighted by atomic mass is 16.1. The first-order chi connectivity index (χ1) is 17.6. The van der Waals surface area contributed by atoms with Crippen LogP contribution in [0.3, 0.4) is 0 Å². The van der Waals surface area contributed by atoms with E-state index in [0.717, 1.165) is 57.5 Å². The molecule has 6 heteroatoms. The number of aromatic amines is 1. The van der Waals surface area contributed by atoms with Crippen LogP contribution in [0.15, 0.2) is 89.7 Å². The fraction of sp³-hybridized carbons (Fsp3) is 0.200. The van der Waals surface area contributed by atoms with Gasteiger partial charge in [-0.05, 0) is 52.4 Å². The number of pyridine rings is 1. The third-order valence-corrected chi connectivity index (χ3v) is 6.56. The summed E-state index contributed by atoms with van der Waals surface area (Å²) in [6.45, 7) is 4.77. The third kappa shape index (κ3) is 4.89. The Labute approximate surface area is 210 Å². The summed E-state index contributed by atoms with van der Waals surface area (Å²) >= 11 is 0. The highest BCUT2D eigenvalue weighted by Gasteiger charge is 2.15. The van der Waals surface area contributed by atoms with Crippen LogP contribution >= 0.6 is 0 Å². The summed E-state index contributed by atoms with van der Waals surface area (Å²) in [5, 5.41) is 14.5. The number of rotatable bonds is 8. The Kier molecular flexibility index (Phi) is 6.85. The number of hydrogen-bond acceptors (Lipinski definition) is 4. The topological polar surface area (TPSA) is 76.5 Å². The van der Waals surface area contributed by atoms with Crippen molar-refractivity contribution in [3.63, 3.8) is 0 Å². The lowest BCUT2D eigenvalue weighted by Gasteiger charge is -2.17. The first-order valence-corrected chi connectivity index (χ1v) is 12.3. The molecule has 0 saturated heterocycles. The zero-order valence-electron chi connectivity index (χ0n) is 20.6. The highest BCUT2D eigenvalue weighted by Crippen LogP contribution is 2.30. The summed E-state index contributed by atoms with van der Waals surface area (Å²) < 4.78 is 1.90. The molecule has 6 nitrogen and oxygen atoms in total. The Morgan fingerprint density at radius 1 is 0.861 bits per heavy atom. The normalized spacial score (nSPS) is 11.1. The van der Waals surface area contributed by atoms with Crippen molar-refractivity contribution in [1.29, 1.82) is 0 Å². The molecule has 0 spiro atoms. The summed E-state index contributed by atoms with van der Waals surface area (Å²) in [5.41, 5.74) is 8.41. The molecule has 0 aliphatic rings. The molecule has 180 valence electrons. The van der Waals surface area contributed by atoms with Crippen molar-refractivity contribution in [3.8, 4) is 22.5 Å². The van der Waals surface area contributed by atoms with E-state index < -0.39 is 0 Å². The fourth-order valence-electron chi connectivity index (χ4n) is 4.73. The third-order valence-electron chi connectivity index (χ3n) is 6.56. The average Bonchev–Trinajstić information content (AvgIpc) is 3.45. The molecule has 0 amide bonds. The Hall–Kier alpha value is -4.32. The Morgan fingerprint density at radius 3 is 2.28 bits per heavy atom. The smallest absolute Gasteiger partial charge is 0.254 e. The van der Waals surface area contributed by atoms with Gasteiger partial charge in [-0.2, -0.15) is 5.21 Å². The van der Waals surface area contributed by atoms with Crippen LogP contribution in [-0.4, -0.2) is 25.2 Å². The molecule has 2 aromatic heterocycles. The maximum atomic E-state index is 13.7. The van der Waals surface area contributed by atoms with E-state index in [2.05, 4.69) is 76.1 Å². The van der Waals surface area contributed by atoms with E-state index in [1.165, 1.54) is 0 Å². The number of aryl methyl sites for hydroxylation is 2. The Bertz CT molecular complexity index is 1500. The van der Waals surface area contributed by atoms with Crippen LogP contribution < -0.4 is 5.56 Å². The molecule has 0 fully saturated rings. The number of hydrogen-bond donors (Lipinski definition) is 1. The predicted molar refractivity (Wildman–Crippen MR) is 143 cm³/mol. The van der Waals surface area contributed by atoms with E-state index in [-0.39, 0.29) is 5.56 Å². The second-order valence-electron chi connectivity index (χ2n) is 9.07. The van der Waals surface area contributed by atoms with Crippen LogP contribution in [0.1, 0.15) is 41.3 Å². The van der Waals surface area contributed by atoms with Gasteiger partial charge < -0.3 is 4.57 Å². The van der Waals surface area contributed by atoms with Crippen molar-refractivity contribution < 1.29 is 0 Å². The molecule has 2 heterocycles. The minimum atomic E-state index is 0.105. The molecule has 0 saturated carbocycles. The molecular weight excluding hydrogens is 446 g/mol. The maximum absolute atomic E-state index is 13.7. The minimum absolute atomic E-state index is 0.105. The molecule has 3 aromatic carbocycles. The molecule has 36 heavy (non-hydrogen) atoms. The molecule has 5 rings (SSSR count). The minimum Gasteiger partial charge on any atom is -0.308 e. The van der Waals surface area contributed by atoms with Gasteiger partial charge in [-0.25, -0.2) is 0 Å². The van der Waals surface area contributed by atoms with Gasteiger partial charge in [-0.3, -0.25) is 4.79 Å². The first-order valence-electron chi connectivity index (χ1n) is 12.3. The van der Waals surface area contributed by atoms with E-state index in [9.17, 15) is 4.79 Å². The van der Waals surface area contributed by atoms with Crippen molar-refractivity contribution in [2.24, 2.45) is 0 Å². The highest BCUT2D eigenvalue weighted by molar-refractivity contribution is 5.80. The van der Waals surface area contributed by atoms with E-state index in [1.807, 2.05) is 47.9 Å². The van der Waals surface area contributed by atoms with Gasteiger partial charge in [0.15, 0.2) is 0 Å². The average molecular weight is 476 g/mol. The molecule has 0 aliphatic heterocycles. The molecule has 0 aliphatic carbocycles. The van der Waals surface area contributed by atoms with Crippen molar-refractivity contribution in [3.05, 3.63) is 123 Å². The number of H-pyrrole nitrogens is 1. The first kappa shape index (κ1) is 23.4. The van der Waals surface area contributed by atoms with Crippen LogP contribution in [0.5, 0.6) is 0 Å². The van der Waals surface area contributed by atoms with Crippen LogP contribution in [0, 0.1) is 6.92 Å². The molecule has 0 atom stereocenters. The van der Waals surface area contributed by atoms with E-state index in [0.29, 0.717) is 18.8 Å². The standard InChI is InChI=1S/C30H29N5O/c1-3-9-25-18-21(2)35(20-23-10-5-4-6-11-23)30(36)28(25)19-22-14-16-24(17-15-22)26-12-7-8-13-27(26)29-31-33-34-32-29/h4-8,10-18H,3,9,19-20H2,1-2H3,(H,31,32,33,34). The van der Waals surface area contributed by atoms with Gasteiger partial charge in [-0.15, -0.1) is 10.2 Å². The van der Waals surface area contributed by atoms with Gasteiger partial charge in [0.1, 0.15) is 0 Å². The van der Waals surface area contributed by atoms with Gasteiger partial charge in [0, 0.05) is 23.2 Å². The second-order valence-corrected chi connectivity index (χ2v) is 9.07. The van der Waals surface area contributed by atoms with Crippen LogP contribution in [-0.2, 0) is 19.4 Å². The van der Waals surface area contributed by atoms with Gasteiger partial charge in [0.2, 0.25) is 5.82 Å². The number of nitrogens with zero attached hydrogens (tertiary/aromatic N) is 4. The quantitative estimate of drug-likeness (QED) is 0.317. The number of tetrazole rings is 1. The molecular formula is C30H29N5O. The van der Waals surface area contributed by atoms with Crippen molar-refractivity contribution in [2.75, 3.05) is 0 Å². The van der Waals surface area contributed by atoms with Crippen molar-refractivity contribution >= 4 is 0 Å². The SMILES string of the molecule is CCCc1cc(C)n(Cc2ccccc2)c(=O)c1Cc1ccc(-c2ccccc2-c2nn[nH]n2)cc1. The number of benzene rings is 3. The van der Waals surface area contributed by atoms with Crippen molar-refractivity contribution in [2.45, 2.75) is 39.7 Å². The zero-order chi connectivity index (χ0) is 24.9. The summed E-state index contributed by atoms with van der Waals surface area (Å²) in [5.74, 6) is 0.567. The van der Waals surface area contributed by atoms with E-state index in [4.69, 9.17) is 0 Å². The number of aromatic nitrogens is 5.